The number of ketones is 1. The Bertz CT molecular complexity index is 850. The SMILES string of the molecule is C=C(Br)C(=O)Nc1ccc(/C=C/C(=O)/C=C/c2ccc(OC)cc2)cc1. The molecule has 0 aliphatic heterocycles. The summed E-state index contributed by atoms with van der Waals surface area (Å²) < 4.78 is 5.35. The van der Waals surface area contributed by atoms with Gasteiger partial charge in [0.15, 0.2) is 5.78 Å². The molecule has 0 fully saturated rings. The molecule has 2 rings (SSSR count). The fraction of sp³-hybridized carbons (Fsp3) is 0.0476. The van der Waals surface area contributed by atoms with Crippen LogP contribution in [0.4, 0.5) is 5.69 Å². The molecule has 26 heavy (non-hydrogen) atoms. The lowest BCUT2D eigenvalue weighted by Gasteiger charge is -2.03. The van der Waals surface area contributed by atoms with Gasteiger partial charge in [-0.05, 0) is 63.5 Å². The highest BCUT2D eigenvalue weighted by Crippen LogP contribution is 2.14. The summed E-state index contributed by atoms with van der Waals surface area (Å²) in [5.74, 6) is 0.356. The molecule has 0 saturated heterocycles. The molecule has 0 heterocycles. The molecule has 5 heteroatoms. The van der Waals surface area contributed by atoms with E-state index < -0.39 is 0 Å². The maximum absolute atomic E-state index is 11.9. The topological polar surface area (TPSA) is 55.4 Å². The predicted octanol–water partition coefficient (Wildman–Crippen LogP) is 4.84. The van der Waals surface area contributed by atoms with Crippen molar-refractivity contribution in [2.75, 3.05) is 12.4 Å². The summed E-state index contributed by atoms with van der Waals surface area (Å²) in [4.78, 5) is 23.4. The van der Waals surface area contributed by atoms with Gasteiger partial charge in [-0.1, -0.05) is 43.0 Å². The number of rotatable bonds is 7. The van der Waals surface area contributed by atoms with Crippen molar-refractivity contribution >= 4 is 45.5 Å². The summed E-state index contributed by atoms with van der Waals surface area (Å²) in [6, 6.07) is 14.6. The molecule has 0 radical (unpaired) electrons. The van der Waals surface area contributed by atoms with E-state index in [4.69, 9.17) is 4.74 Å². The normalized spacial score (nSPS) is 10.8. The Balaban J connectivity index is 1.93. The lowest BCUT2D eigenvalue weighted by Crippen LogP contribution is -2.10. The van der Waals surface area contributed by atoms with Crippen molar-refractivity contribution in [1.82, 2.24) is 0 Å². The van der Waals surface area contributed by atoms with Crippen LogP contribution in [0.2, 0.25) is 0 Å². The lowest BCUT2D eigenvalue weighted by molar-refractivity contribution is -0.112. The van der Waals surface area contributed by atoms with Crippen molar-refractivity contribution in [2.45, 2.75) is 0 Å². The average Bonchev–Trinajstić information content (AvgIpc) is 2.66. The summed E-state index contributed by atoms with van der Waals surface area (Å²) in [5.41, 5.74) is 2.42. The van der Waals surface area contributed by atoms with Crippen LogP contribution >= 0.6 is 15.9 Å². The summed E-state index contributed by atoms with van der Waals surface area (Å²) in [6.45, 7) is 3.51. The first kappa shape index (κ1) is 19.4. The van der Waals surface area contributed by atoms with E-state index in [0.29, 0.717) is 5.69 Å². The number of hydrogen-bond donors (Lipinski definition) is 1. The van der Waals surface area contributed by atoms with Crippen LogP contribution in [0, 0.1) is 0 Å². The zero-order chi connectivity index (χ0) is 18.9. The van der Waals surface area contributed by atoms with Crippen molar-refractivity contribution in [3.05, 3.63) is 82.9 Å². The number of amides is 1. The second-order valence-electron chi connectivity index (χ2n) is 5.32. The van der Waals surface area contributed by atoms with Gasteiger partial charge in [0, 0.05) is 5.69 Å². The number of carbonyl (C=O) groups excluding carboxylic acids is 2. The van der Waals surface area contributed by atoms with Crippen LogP contribution in [0.3, 0.4) is 0 Å². The van der Waals surface area contributed by atoms with E-state index in [1.807, 2.05) is 36.4 Å². The molecule has 2 aromatic rings. The molecule has 0 spiro atoms. The zero-order valence-electron chi connectivity index (χ0n) is 14.2. The van der Waals surface area contributed by atoms with Gasteiger partial charge in [0.25, 0.3) is 5.91 Å². The van der Waals surface area contributed by atoms with E-state index in [1.54, 1.807) is 31.4 Å². The summed E-state index contributed by atoms with van der Waals surface area (Å²) in [7, 11) is 1.61. The molecule has 0 atom stereocenters. The fourth-order valence-electron chi connectivity index (χ4n) is 2.00. The highest BCUT2D eigenvalue weighted by Gasteiger charge is 2.03. The third-order valence-corrected chi connectivity index (χ3v) is 3.77. The predicted molar refractivity (Wildman–Crippen MR) is 109 cm³/mol. The first-order chi connectivity index (χ1) is 12.5. The minimum Gasteiger partial charge on any atom is -0.497 e. The molecule has 132 valence electrons. The number of benzene rings is 2. The number of allylic oxidation sites excluding steroid dienone is 2. The third kappa shape index (κ3) is 6.18. The van der Waals surface area contributed by atoms with Gasteiger partial charge in [0.2, 0.25) is 0 Å². The second-order valence-corrected chi connectivity index (χ2v) is 6.28. The van der Waals surface area contributed by atoms with Crippen LogP contribution in [0.25, 0.3) is 12.2 Å². The minimum atomic E-state index is -0.299. The van der Waals surface area contributed by atoms with Crippen LogP contribution in [-0.2, 0) is 9.59 Å². The lowest BCUT2D eigenvalue weighted by atomic mass is 10.1. The molecule has 0 aliphatic carbocycles. The van der Waals surface area contributed by atoms with E-state index in [0.717, 1.165) is 16.9 Å². The van der Waals surface area contributed by atoms with Gasteiger partial charge < -0.3 is 10.1 Å². The molecule has 1 amide bonds. The number of methoxy groups -OCH3 is 1. The van der Waals surface area contributed by atoms with Gasteiger partial charge in [0.1, 0.15) is 5.75 Å². The van der Waals surface area contributed by atoms with Crippen molar-refractivity contribution in [2.24, 2.45) is 0 Å². The number of carbonyl (C=O) groups is 2. The third-order valence-electron chi connectivity index (χ3n) is 3.41. The Morgan fingerprint density at radius 1 is 0.962 bits per heavy atom. The number of anilines is 1. The fourth-order valence-corrected chi connectivity index (χ4v) is 2.10. The molecule has 0 bridgehead atoms. The molecule has 0 unspecified atom stereocenters. The molecule has 0 aromatic heterocycles. The monoisotopic (exact) mass is 411 g/mol. The van der Waals surface area contributed by atoms with Gasteiger partial charge in [0.05, 0.1) is 11.6 Å². The van der Waals surface area contributed by atoms with Crippen molar-refractivity contribution in [1.29, 1.82) is 0 Å². The highest BCUT2D eigenvalue weighted by molar-refractivity contribution is 9.12. The van der Waals surface area contributed by atoms with E-state index in [9.17, 15) is 9.59 Å². The van der Waals surface area contributed by atoms with Crippen LogP contribution in [0.5, 0.6) is 5.75 Å². The quantitative estimate of drug-likeness (QED) is 0.663. The van der Waals surface area contributed by atoms with E-state index in [2.05, 4.69) is 27.8 Å². The van der Waals surface area contributed by atoms with Gasteiger partial charge in [-0.3, -0.25) is 9.59 Å². The van der Waals surface area contributed by atoms with Crippen LogP contribution in [-0.4, -0.2) is 18.8 Å². The van der Waals surface area contributed by atoms with Gasteiger partial charge in [-0.15, -0.1) is 0 Å². The Morgan fingerprint density at radius 3 is 1.92 bits per heavy atom. The largest absolute Gasteiger partial charge is 0.497 e. The summed E-state index contributed by atoms with van der Waals surface area (Å²) in [5, 5.41) is 2.68. The van der Waals surface area contributed by atoms with Crippen molar-refractivity contribution in [3.8, 4) is 5.75 Å². The molecular weight excluding hydrogens is 394 g/mol. The Morgan fingerprint density at radius 2 is 1.46 bits per heavy atom. The van der Waals surface area contributed by atoms with E-state index >= 15 is 0 Å². The number of nitrogens with one attached hydrogen (secondary N) is 1. The second kappa shape index (κ2) is 9.53. The van der Waals surface area contributed by atoms with Gasteiger partial charge in [-0.2, -0.15) is 0 Å². The van der Waals surface area contributed by atoms with Crippen LogP contribution < -0.4 is 10.1 Å². The Kier molecular flexibility index (Phi) is 7.12. The zero-order valence-corrected chi connectivity index (χ0v) is 15.8. The minimum absolute atomic E-state index is 0.117. The summed E-state index contributed by atoms with van der Waals surface area (Å²) in [6.07, 6.45) is 6.47. The van der Waals surface area contributed by atoms with Crippen LogP contribution in [0.15, 0.2) is 71.7 Å². The standard InChI is InChI=1S/C21H18BrNO3/c1-15(22)21(25)23-18-9-3-16(4-10-18)5-11-19(24)12-6-17-7-13-20(26-2)14-8-17/h3-14H,1H2,2H3,(H,23,25)/b11-5+,12-6+. The smallest absolute Gasteiger partial charge is 0.262 e. The van der Waals surface area contributed by atoms with Crippen molar-refractivity contribution in [3.63, 3.8) is 0 Å². The van der Waals surface area contributed by atoms with Crippen LogP contribution in [0.1, 0.15) is 11.1 Å². The van der Waals surface area contributed by atoms with E-state index in [-0.39, 0.29) is 16.2 Å². The molecule has 2 aromatic carbocycles. The molecule has 1 N–H and O–H groups in total. The maximum atomic E-state index is 11.9. The van der Waals surface area contributed by atoms with Gasteiger partial charge >= 0.3 is 0 Å². The average molecular weight is 412 g/mol. The Hall–Kier alpha value is -2.92. The first-order valence-electron chi connectivity index (χ1n) is 7.78. The molecular formula is C21H18BrNO3. The van der Waals surface area contributed by atoms with Gasteiger partial charge in [-0.25, -0.2) is 0 Å². The Labute approximate surface area is 161 Å². The number of ether oxygens (including phenoxy) is 1. The maximum Gasteiger partial charge on any atom is 0.262 e. The molecule has 0 aliphatic rings. The van der Waals surface area contributed by atoms with Crippen molar-refractivity contribution < 1.29 is 14.3 Å². The number of halogens is 1. The first-order valence-corrected chi connectivity index (χ1v) is 8.57. The number of hydrogen-bond acceptors (Lipinski definition) is 3. The van der Waals surface area contributed by atoms with E-state index in [1.165, 1.54) is 12.2 Å². The highest BCUT2D eigenvalue weighted by atomic mass is 79.9. The molecule has 0 saturated carbocycles. The summed E-state index contributed by atoms with van der Waals surface area (Å²) >= 11 is 3.02. The molecule has 4 nitrogen and oxygen atoms in total.